The molecule has 0 spiro atoms. The predicted octanol–water partition coefficient (Wildman–Crippen LogP) is 1.91. The van der Waals surface area contributed by atoms with Gasteiger partial charge >= 0.3 is 10.3 Å². The van der Waals surface area contributed by atoms with Gasteiger partial charge in [-0.25, -0.2) is 0 Å². The van der Waals surface area contributed by atoms with Crippen LogP contribution < -0.4 is 4.72 Å². The molecule has 1 fully saturated rings. The van der Waals surface area contributed by atoms with E-state index in [-0.39, 0.29) is 12.1 Å². The van der Waals surface area contributed by atoms with Gasteiger partial charge in [0.2, 0.25) is 0 Å². The van der Waals surface area contributed by atoms with Gasteiger partial charge in [-0.05, 0) is 12.3 Å². The second-order valence-corrected chi connectivity index (χ2v) is 12.3. The van der Waals surface area contributed by atoms with Crippen LogP contribution in [-0.2, 0) is 14.5 Å². The lowest BCUT2D eigenvalue weighted by Crippen LogP contribution is -2.45. The Morgan fingerprint density at radius 1 is 1.39 bits per heavy atom. The molecular formula is C12H23NO3SSi. The average Bonchev–Trinajstić information content (AvgIpc) is 2.09. The summed E-state index contributed by atoms with van der Waals surface area (Å²) in [6, 6.07) is -0.306. The van der Waals surface area contributed by atoms with Crippen molar-refractivity contribution in [3.63, 3.8) is 0 Å². The van der Waals surface area contributed by atoms with Crippen molar-refractivity contribution in [2.75, 3.05) is 0 Å². The highest BCUT2D eigenvalue weighted by Crippen LogP contribution is 2.20. The van der Waals surface area contributed by atoms with Crippen LogP contribution in [0.1, 0.15) is 26.7 Å². The number of hydrogen-bond donors (Lipinski definition) is 1. The zero-order chi connectivity index (χ0) is 14.0. The number of rotatable bonds is 2. The summed E-state index contributed by atoms with van der Waals surface area (Å²) in [6.07, 6.45) is 1.12. The minimum Gasteiger partial charge on any atom is -0.255 e. The molecule has 104 valence electrons. The highest BCUT2D eigenvalue weighted by Gasteiger charge is 2.31. The summed E-state index contributed by atoms with van der Waals surface area (Å²) in [5, 5.41) is 0. The van der Waals surface area contributed by atoms with Crippen LogP contribution in [0.4, 0.5) is 0 Å². The highest BCUT2D eigenvalue weighted by atomic mass is 32.2. The smallest absolute Gasteiger partial charge is 0.255 e. The van der Waals surface area contributed by atoms with Gasteiger partial charge in [-0.15, -0.1) is 5.54 Å². The summed E-state index contributed by atoms with van der Waals surface area (Å²) >= 11 is 0. The van der Waals surface area contributed by atoms with Crippen molar-refractivity contribution in [1.29, 1.82) is 0 Å². The average molecular weight is 289 g/mol. The van der Waals surface area contributed by atoms with Crippen LogP contribution >= 0.6 is 0 Å². The van der Waals surface area contributed by atoms with Gasteiger partial charge in [0.25, 0.3) is 0 Å². The van der Waals surface area contributed by atoms with Crippen molar-refractivity contribution in [2.45, 2.75) is 58.5 Å². The predicted molar refractivity (Wildman–Crippen MR) is 75.9 cm³/mol. The highest BCUT2D eigenvalue weighted by molar-refractivity contribution is 7.84. The van der Waals surface area contributed by atoms with E-state index in [9.17, 15) is 8.42 Å². The Bertz CT molecular complexity index is 442. The lowest BCUT2D eigenvalue weighted by molar-refractivity contribution is 0.145. The maximum absolute atomic E-state index is 11.6. The minimum atomic E-state index is -3.63. The molecule has 0 unspecified atom stereocenters. The molecule has 1 saturated heterocycles. The maximum Gasteiger partial charge on any atom is 0.337 e. The van der Waals surface area contributed by atoms with E-state index in [1.807, 2.05) is 0 Å². The SMILES string of the molecule is CC(C)C[C@@H]1C[C@@H](C#C[Si](C)(C)C)NS(=O)(=O)O1. The van der Waals surface area contributed by atoms with Crippen LogP contribution in [0.15, 0.2) is 0 Å². The Labute approximate surface area is 112 Å². The molecule has 18 heavy (non-hydrogen) atoms. The monoisotopic (exact) mass is 289 g/mol. The van der Waals surface area contributed by atoms with Gasteiger partial charge < -0.3 is 0 Å². The molecule has 0 aromatic heterocycles. The Balaban J connectivity index is 2.78. The maximum atomic E-state index is 11.6. The zero-order valence-corrected chi connectivity index (χ0v) is 13.6. The van der Waals surface area contributed by atoms with Crippen LogP contribution in [0.3, 0.4) is 0 Å². The van der Waals surface area contributed by atoms with Crippen molar-refractivity contribution in [2.24, 2.45) is 5.92 Å². The molecule has 1 rings (SSSR count). The molecular weight excluding hydrogens is 266 g/mol. The minimum absolute atomic E-state index is 0.253. The van der Waals surface area contributed by atoms with Crippen LogP contribution in [0, 0.1) is 17.4 Å². The normalized spacial score (nSPS) is 27.7. The van der Waals surface area contributed by atoms with E-state index in [1.165, 1.54) is 0 Å². The van der Waals surface area contributed by atoms with Gasteiger partial charge in [-0.3, -0.25) is 4.18 Å². The number of hydrogen-bond acceptors (Lipinski definition) is 3. The molecule has 0 bridgehead atoms. The first-order valence-corrected chi connectivity index (χ1v) is 11.2. The van der Waals surface area contributed by atoms with E-state index < -0.39 is 18.4 Å². The van der Waals surface area contributed by atoms with Crippen LogP contribution in [0.2, 0.25) is 19.6 Å². The van der Waals surface area contributed by atoms with Crippen molar-refractivity contribution in [3.05, 3.63) is 0 Å². The Morgan fingerprint density at radius 2 is 2.00 bits per heavy atom. The molecule has 4 nitrogen and oxygen atoms in total. The topological polar surface area (TPSA) is 55.4 Å². The molecule has 1 N–H and O–H groups in total. The summed E-state index contributed by atoms with van der Waals surface area (Å²) in [5.41, 5.74) is 3.21. The third kappa shape index (κ3) is 6.00. The van der Waals surface area contributed by atoms with Crippen molar-refractivity contribution < 1.29 is 12.6 Å². The first-order valence-electron chi connectivity index (χ1n) is 6.30. The molecule has 6 heteroatoms. The first kappa shape index (κ1) is 15.7. The summed E-state index contributed by atoms with van der Waals surface area (Å²) < 4.78 is 30.7. The Morgan fingerprint density at radius 3 is 2.50 bits per heavy atom. The van der Waals surface area contributed by atoms with Crippen molar-refractivity contribution >= 4 is 18.4 Å². The van der Waals surface area contributed by atoms with Gasteiger partial charge in [0.1, 0.15) is 8.07 Å². The van der Waals surface area contributed by atoms with Gasteiger partial charge in [-0.1, -0.05) is 39.4 Å². The third-order valence-electron chi connectivity index (χ3n) is 2.40. The van der Waals surface area contributed by atoms with E-state index in [0.717, 1.165) is 6.42 Å². The molecule has 1 heterocycles. The van der Waals surface area contributed by atoms with Crippen LogP contribution in [0.5, 0.6) is 0 Å². The molecule has 1 aliphatic heterocycles. The summed E-state index contributed by atoms with van der Waals surface area (Å²) in [6.45, 7) is 10.5. The van der Waals surface area contributed by atoms with Crippen LogP contribution in [0.25, 0.3) is 0 Å². The summed E-state index contributed by atoms with van der Waals surface area (Å²) in [5.74, 6) is 3.47. The Hall–Kier alpha value is -0.353. The summed E-state index contributed by atoms with van der Waals surface area (Å²) in [7, 11) is -5.11. The molecule has 0 aliphatic carbocycles. The van der Waals surface area contributed by atoms with Gasteiger partial charge in [0.05, 0.1) is 12.1 Å². The summed E-state index contributed by atoms with van der Waals surface area (Å²) in [4.78, 5) is 0. The number of nitrogens with one attached hydrogen (secondary N) is 1. The zero-order valence-electron chi connectivity index (χ0n) is 11.8. The fraction of sp³-hybridized carbons (Fsp3) is 0.833. The Kier molecular flexibility index (Phi) is 5.01. The molecule has 0 aromatic carbocycles. The molecule has 0 radical (unpaired) electrons. The van der Waals surface area contributed by atoms with Gasteiger partial charge in [-0.2, -0.15) is 13.1 Å². The lowest BCUT2D eigenvalue weighted by atomic mass is 10.0. The lowest BCUT2D eigenvalue weighted by Gasteiger charge is -2.28. The van der Waals surface area contributed by atoms with E-state index in [4.69, 9.17) is 4.18 Å². The quantitative estimate of drug-likeness (QED) is 0.624. The van der Waals surface area contributed by atoms with Crippen LogP contribution in [-0.4, -0.2) is 28.6 Å². The fourth-order valence-electron chi connectivity index (χ4n) is 1.78. The van der Waals surface area contributed by atoms with Crippen molar-refractivity contribution in [3.8, 4) is 11.5 Å². The van der Waals surface area contributed by atoms with E-state index >= 15 is 0 Å². The molecule has 0 saturated carbocycles. The largest absolute Gasteiger partial charge is 0.337 e. The molecule has 2 atom stereocenters. The first-order chi connectivity index (χ1) is 8.07. The fourth-order valence-corrected chi connectivity index (χ4v) is 3.47. The van der Waals surface area contributed by atoms with E-state index in [0.29, 0.717) is 12.3 Å². The van der Waals surface area contributed by atoms with Gasteiger partial charge in [0, 0.05) is 6.42 Å². The molecule has 1 aliphatic rings. The molecule has 0 amide bonds. The van der Waals surface area contributed by atoms with Crippen molar-refractivity contribution in [1.82, 2.24) is 4.72 Å². The standard InChI is InChI=1S/C12H23NO3SSi/c1-10(2)8-12-9-11(6-7-18(3,4)5)13-17(14,15)16-12/h10-13H,8-9H2,1-5H3/t11-,12-/m1/s1. The molecule has 0 aromatic rings. The second kappa shape index (κ2) is 5.74. The second-order valence-electron chi connectivity index (χ2n) is 6.23. The third-order valence-corrected chi connectivity index (χ3v) is 4.40. The van der Waals surface area contributed by atoms with E-state index in [2.05, 4.69) is 49.7 Å². The van der Waals surface area contributed by atoms with Gasteiger partial charge in [0.15, 0.2) is 0 Å². The van der Waals surface area contributed by atoms with E-state index in [1.54, 1.807) is 0 Å².